The number of unbranched alkanes of at least 4 members (excludes halogenated alkanes) is 1. The first-order valence-corrected chi connectivity index (χ1v) is 7.07. The summed E-state index contributed by atoms with van der Waals surface area (Å²) in [4.78, 5) is 1.85. The van der Waals surface area contributed by atoms with Gasteiger partial charge in [0.05, 0.1) is 12.3 Å². The van der Waals surface area contributed by atoms with Gasteiger partial charge in [0.15, 0.2) is 0 Å². The molecule has 0 spiro atoms. The number of anilines is 1. The molecule has 1 aromatic rings. The lowest BCUT2D eigenvalue weighted by atomic mass is 10.1. The monoisotopic (exact) mass is 268 g/mol. The first-order chi connectivity index (χ1) is 9.22. The summed E-state index contributed by atoms with van der Waals surface area (Å²) in [5.41, 5.74) is 1.65. The molecule has 0 radical (unpaired) electrons. The third kappa shape index (κ3) is 5.17. The SMILES string of the molecule is CCCCNCc1ccc(F)c(N(CC)CCO)c1. The van der Waals surface area contributed by atoms with E-state index in [0.29, 0.717) is 18.8 Å². The standard InChI is InChI=1S/C15H25FN2O/c1-3-5-8-17-12-13-6-7-14(16)15(11-13)18(4-2)9-10-19/h6-7,11,17,19H,3-5,8-10,12H2,1-2H3. The number of likely N-dealkylation sites (N-methyl/N-ethyl adjacent to an activating group) is 1. The van der Waals surface area contributed by atoms with Crippen molar-refractivity contribution in [1.29, 1.82) is 0 Å². The molecular weight excluding hydrogens is 243 g/mol. The summed E-state index contributed by atoms with van der Waals surface area (Å²) in [6.07, 6.45) is 2.32. The van der Waals surface area contributed by atoms with Gasteiger partial charge in [0.1, 0.15) is 5.82 Å². The van der Waals surface area contributed by atoms with Crippen LogP contribution in [0.3, 0.4) is 0 Å². The van der Waals surface area contributed by atoms with Crippen molar-refractivity contribution in [2.75, 3.05) is 31.1 Å². The van der Waals surface area contributed by atoms with E-state index in [9.17, 15) is 4.39 Å². The third-order valence-corrected chi connectivity index (χ3v) is 3.14. The summed E-state index contributed by atoms with van der Waals surface area (Å²) in [5, 5.41) is 12.4. The van der Waals surface area contributed by atoms with E-state index in [1.54, 1.807) is 0 Å². The highest BCUT2D eigenvalue weighted by Gasteiger charge is 2.10. The fourth-order valence-corrected chi connectivity index (χ4v) is 2.01. The topological polar surface area (TPSA) is 35.5 Å². The summed E-state index contributed by atoms with van der Waals surface area (Å²) in [6.45, 7) is 7.03. The molecule has 0 aromatic heterocycles. The van der Waals surface area contributed by atoms with Crippen LogP contribution in [0, 0.1) is 5.82 Å². The third-order valence-electron chi connectivity index (χ3n) is 3.14. The first kappa shape index (κ1) is 15.9. The second-order valence-corrected chi connectivity index (χ2v) is 4.62. The number of hydrogen-bond donors (Lipinski definition) is 2. The Hall–Kier alpha value is -1.13. The summed E-state index contributed by atoms with van der Waals surface area (Å²) in [6, 6.07) is 5.18. The van der Waals surface area contributed by atoms with E-state index in [2.05, 4.69) is 12.2 Å². The minimum atomic E-state index is -0.229. The highest BCUT2D eigenvalue weighted by atomic mass is 19.1. The maximum absolute atomic E-state index is 13.8. The minimum Gasteiger partial charge on any atom is -0.395 e. The van der Waals surface area contributed by atoms with Gasteiger partial charge in [-0.25, -0.2) is 4.39 Å². The molecule has 0 atom stereocenters. The van der Waals surface area contributed by atoms with Gasteiger partial charge in [0, 0.05) is 19.6 Å². The van der Waals surface area contributed by atoms with Gasteiger partial charge in [0.2, 0.25) is 0 Å². The fraction of sp³-hybridized carbons (Fsp3) is 0.600. The second kappa shape index (κ2) is 8.88. The molecule has 0 heterocycles. The van der Waals surface area contributed by atoms with Crippen LogP contribution in [0.15, 0.2) is 18.2 Å². The minimum absolute atomic E-state index is 0.0340. The second-order valence-electron chi connectivity index (χ2n) is 4.62. The Labute approximate surface area is 115 Å². The smallest absolute Gasteiger partial charge is 0.146 e. The Morgan fingerprint density at radius 2 is 2.11 bits per heavy atom. The van der Waals surface area contributed by atoms with Gasteiger partial charge in [-0.1, -0.05) is 19.4 Å². The molecule has 0 unspecified atom stereocenters. The summed E-state index contributed by atoms with van der Waals surface area (Å²) >= 11 is 0. The molecule has 2 N–H and O–H groups in total. The Balaban J connectivity index is 2.69. The largest absolute Gasteiger partial charge is 0.395 e. The van der Waals surface area contributed by atoms with Gasteiger partial charge in [-0.3, -0.25) is 0 Å². The number of rotatable bonds is 9. The number of nitrogens with zero attached hydrogens (tertiary/aromatic N) is 1. The molecule has 0 saturated carbocycles. The molecule has 1 rings (SSSR count). The van der Waals surface area contributed by atoms with E-state index < -0.39 is 0 Å². The number of halogens is 1. The highest BCUT2D eigenvalue weighted by molar-refractivity contribution is 5.50. The molecule has 108 valence electrons. The zero-order chi connectivity index (χ0) is 14.1. The van der Waals surface area contributed by atoms with Crippen molar-refractivity contribution in [3.63, 3.8) is 0 Å². The number of hydrogen-bond acceptors (Lipinski definition) is 3. The van der Waals surface area contributed by atoms with Crippen molar-refractivity contribution >= 4 is 5.69 Å². The molecule has 0 aliphatic rings. The van der Waals surface area contributed by atoms with Crippen molar-refractivity contribution in [3.05, 3.63) is 29.6 Å². The van der Waals surface area contributed by atoms with Crippen molar-refractivity contribution in [1.82, 2.24) is 5.32 Å². The van der Waals surface area contributed by atoms with E-state index in [1.165, 1.54) is 12.5 Å². The van der Waals surface area contributed by atoms with Crippen molar-refractivity contribution in [2.45, 2.75) is 33.2 Å². The van der Waals surface area contributed by atoms with Gasteiger partial charge in [-0.2, -0.15) is 0 Å². The Morgan fingerprint density at radius 3 is 2.74 bits per heavy atom. The average molecular weight is 268 g/mol. The average Bonchev–Trinajstić information content (AvgIpc) is 2.43. The van der Waals surface area contributed by atoms with Gasteiger partial charge >= 0.3 is 0 Å². The predicted octanol–water partition coefficient (Wildman–Crippen LogP) is 2.53. The zero-order valence-corrected chi connectivity index (χ0v) is 12.0. The van der Waals surface area contributed by atoms with Crippen molar-refractivity contribution in [2.24, 2.45) is 0 Å². The highest BCUT2D eigenvalue weighted by Crippen LogP contribution is 2.20. The normalized spacial score (nSPS) is 10.7. The Bertz CT molecular complexity index is 371. The molecule has 1 aromatic carbocycles. The Kier molecular flexibility index (Phi) is 7.45. The predicted molar refractivity (Wildman–Crippen MR) is 78.0 cm³/mol. The van der Waals surface area contributed by atoms with Crippen molar-refractivity contribution < 1.29 is 9.50 Å². The Morgan fingerprint density at radius 1 is 1.32 bits per heavy atom. The van der Waals surface area contributed by atoms with E-state index in [1.807, 2.05) is 24.0 Å². The van der Waals surface area contributed by atoms with Crippen LogP contribution in [0.5, 0.6) is 0 Å². The van der Waals surface area contributed by atoms with E-state index in [-0.39, 0.29) is 12.4 Å². The van der Waals surface area contributed by atoms with Gasteiger partial charge in [-0.05, 0) is 37.6 Å². The summed E-state index contributed by atoms with van der Waals surface area (Å²) in [5.74, 6) is -0.229. The molecular formula is C15H25FN2O. The number of benzene rings is 1. The quantitative estimate of drug-likeness (QED) is 0.676. The fourth-order valence-electron chi connectivity index (χ4n) is 2.01. The number of nitrogens with one attached hydrogen (secondary N) is 1. The lowest BCUT2D eigenvalue weighted by Gasteiger charge is -2.23. The van der Waals surface area contributed by atoms with Crippen LogP contribution in [-0.2, 0) is 6.54 Å². The van der Waals surface area contributed by atoms with Crippen LogP contribution in [0.1, 0.15) is 32.3 Å². The molecule has 0 fully saturated rings. The molecule has 0 saturated heterocycles. The molecule has 0 bridgehead atoms. The van der Waals surface area contributed by atoms with Crippen LogP contribution in [0.4, 0.5) is 10.1 Å². The van der Waals surface area contributed by atoms with Crippen molar-refractivity contribution in [3.8, 4) is 0 Å². The van der Waals surface area contributed by atoms with Crippen LogP contribution >= 0.6 is 0 Å². The number of aliphatic hydroxyl groups is 1. The van der Waals surface area contributed by atoms with Crippen LogP contribution in [0.2, 0.25) is 0 Å². The van der Waals surface area contributed by atoms with Gasteiger partial charge < -0.3 is 15.3 Å². The van der Waals surface area contributed by atoms with Gasteiger partial charge in [0.25, 0.3) is 0 Å². The number of aliphatic hydroxyl groups excluding tert-OH is 1. The maximum Gasteiger partial charge on any atom is 0.146 e. The molecule has 0 amide bonds. The van der Waals surface area contributed by atoms with Crippen LogP contribution in [0.25, 0.3) is 0 Å². The summed E-state index contributed by atoms with van der Waals surface area (Å²) in [7, 11) is 0. The van der Waals surface area contributed by atoms with Gasteiger partial charge in [-0.15, -0.1) is 0 Å². The lowest BCUT2D eigenvalue weighted by molar-refractivity contribution is 0.302. The first-order valence-electron chi connectivity index (χ1n) is 7.07. The lowest BCUT2D eigenvalue weighted by Crippen LogP contribution is -2.27. The van der Waals surface area contributed by atoms with Crippen LogP contribution < -0.4 is 10.2 Å². The van der Waals surface area contributed by atoms with E-state index in [0.717, 1.165) is 25.1 Å². The summed E-state index contributed by atoms with van der Waals surface area (Å²) < 4.78 is 13.8. The van der Waals surface area contributed by atoms with E-state index >= 15 is 0 Å². The molecule has 0 aliphatic carbocycles. The molecule has 0 aliphatic heterocycles. The maximum atomic E-state index is 13.8. The molecule has 3 nitrogen and oxygen atoms in total. The molecule has 4 heteroatoms. The van der Waals surface area contributed by atoms with Crippen LogP contribution in [-0.4, -0.2) is 31.3 Å². The van der Waals surface area contributed by atoms with E-state index in [4.69, 9.17) is 5.11 Å². The zero-order valence-electron chi connectivity index (χ0n) is 12.0. The molecule has 19 heavy (non-hydrogen) atoms.